The van der Waals surface area contributed by atoms with Crippen LogP contribution >= 0.6 is 0 Å². The maximum absolute atomic E-state index is 4.87. The summed E-state index contributed by atoms with van der Waals surface area (Å²) < 4.78 is 4.87. The van der Waals surface area contributed by atoms with E-state index in [1.54, 1.807) is 7.11 Å². The molecule has 0 aromatic carbocycles. The second kappa shape index (κ2) is 11.8. The summed E-state index contributed by atoms with van der Waals surface area (Å²) in [5.74, 6) is 0. The van der Waals surface area contributed by atoms with Crippen molar-refractivity contribution in [2.45, 2.75) is 25.7 Å². The van der Waals surface area contributed by atoms with Crippen molar-refractivity contribution in [3.8, 4) is 0 Å². The summed E-state index contributed by atoms with van der Waals surface area (Å²) in [5.41, 5.74) is 0. The number of hydrogen-bond donors (Lipinski definition) is 0. The maximum atomic E-state index is 4.87. The van der Waals surface area contributed by atoms with Crippen molar-refractivity contribution < 1.29 is 37.4 Å². The average molecular weight is 204 g/mol. The van der Waals surface area contributed by atoms with Crippen molar-refractivity contribution >= 4 is 0 Å². The van der Waals surface area contributed by atoms with Gasteiger partial charge in [-0.15, -0.1) is 0 Å². The van der Waals surface area contributed by atoms with Gasteiger partial charge in [-0.1, -0.05) is 12.8 Å². The van der Waals surface area contributed by atoms with Gasteiger partial charge in [0, 0.05) is 46.4 Å². The molecule has 0 atom stereocenters. The molecular formula is C7H15OY-. The van der Waals surface area contributed by atoms with Crippen molar-refractivity contribution in [3.63, 3.8) is 0 Å². The predicted octanol–water partition coefficient (Wildman–Crippen LogP) is 2.02. The quantitative estimate of drug-likeness (QED) is 0.491. The molecule has 2 heteroatoms. The van der Waals surface area contributed by atoms with Gasteiger partial charge in [-0.05, 0) is 6.42 Å². The second-order valence-electron chi connectivity index (χ2n) is 1.91. The molecule has 0 aliphatic rings. The van der Waals surface area contributed by atoms with Crippen LogP contribution in [0.1, 0.15) is 25.7 Å². The molecule has 0 aliphatic heterocycles. The average Bonchev–Trinajstić information content (AvgIpc) is 1.81. The fourth-order valence-electron chi connectivity index (χ4n) is 0.600. The van der Waals surface area contributed by atoms with Crippen LogP contribution in [0.15, 0.2) is 0 Å². The molecule has 0 aliphatic carbocycles. The van der Waals surface area contributed by atoms with Crippen molar-refractivity contribution in [1.29, 1.82) is 0 Å². The van der Waals surface area contributed by atoms with Crippen LogP contribution in [0.25, 0.3) is 0 Å². The molecule has 0 rings (SSSR count). The molecule has 0 N–H and O–H groups in total. The van der Waals surface area contributed by atoms with E-state index >= 15 is 0 Å². The van der Waals surface area contributed by atoms with E-state index in [-0.39, 0.29) is 32.7 Å². The Hall–Kier alpha value is 1.06. The van der Waals surface area contributed by atoms with Crippen LogP contribution in [0, 0.1) is 6.92 Å². The summed E-state index contributed by atoms with van der Waals surface area (Å²) in [5, 5.41) is 0. The molecular weight excluding hydrogens is 189 g/mol. The van der Waals surface area contributed by atoms with Crippen molar-refractivity contribution in [3.05, 3.63) is 6.92 Å². The largest absolute Gasteiger partial charge is 0.385 e. The third-order valence-corrected chi connectivity index (χ3v) is 1.10. The SMILES string of the molecule is [CH2-]CCCCCOC.[Y]. The molecule has 0 aromatic heterocycles. The Balaban J connectivity index is 0. The van der Waals surface area contributed by atoms with Crippen molar-refractivity contribution in [2.75, 3.05) is 13.7 Å². The Morgan fingerprint density at radius 1 is 1.22 bits per heavy atom. The zero-order valence-corrected chi connectivity index (χ0v) is 9.07. The maximum Gasteiger partial charge on any atom is 0.0462 e. The van der Waals surface area contributed by atoms with Gasteiger partial charge in [0.2, 0.25) is 0 Å². The van der Waals surface area contributed by atoms with Crippen LogP contribution in [0.5, 0.6) is 0 Å². The van der Waals surface area contributed by atoms with E-state index in [2.05, 4.69) is 6.92 Å². The molecule has 1 nitrogen and oxygen atoms in total. The van der Waals surface area contributed by atoms with E-state index in [1.165, 1.54) is 19.3 Å². The molecule has 0 unspecified atom stereocenters. The first-order chi connectivity index (χ1) is 3.91. The van der Waals surface area contributed by atoms with Gasteiger partial charge in [-0.2, -0.15) is 6.42 Å². The number of methoxy groups -OCH3 is 1. The minimum absolute atomic E-state index is 0. The van der Waals surface area contributed by atoms with Gasteiger partial charge in [0.1, 0.15) is 0 Å². The van der Waals surface area contributed by atoms with Crippen LogP contribution in [0.2, 0.25) is 0 Å². The summed E-state index contributed by atoms with van der Waals surface area (Å²) in [6, 6.07) is 0. The molecule has 9 heavy (non-hydrogen) atoms. The first-order valence-corrected chi connectivity index (χ1v) is 3.20. The zero-order chi connectivity index (χ0) is 6.24. The zero-order valence-electron chi connectivity index (χ0n) is 6.23. The molecule has 1 radical (unpaired) electrons. The normalized spacial score (nSPS) is 8.67. The molecule has 0 saturated heterocycles. The Bertz CT molecular complexity index is 33.9. The molecule has 0 aromatic rings. The fourth-order valence-corrected chi connectivity index (χ4v) is 0.600. The molecule has 0 amide bonds. The van der Waals surface area contributed by atoms with Gasteiger partial charge in [0.05, 0.1) is 0 Å². The Morgan fingerprint density at radius 3 is 2.33 bits per heavy atom. The van der Waals surface area contributed by atoms with Crippen molar-refractivity contribution in [1.82, 2.24) is 0 Å². The molecule has 53 valence electrons. The van der Waals surface area contributed by atoms with E-state index in [0.29, 0.717) is 0 Å². The van der Waals surface area contributed by atoms with Crippen LogP contribution in [0.4, 0.5) is 0 Å². The third-order valence-electron chi connectivity index (χ3n) is 1.10. The van der Waals surface area contributed by atoms with Crippen LogP contribution in [-0.4, -0.2) is 13.7 Å². The van der Waals surface area contributed by atoms with E-state index in [9.17, 15) is 0 Å². The topological polar surface area (TPSA) is 9.23 Å². The van der Waals surface area contributed by atoms with Gasteiger partial charge >= 0.3 is 0 Å². The number of rotatable bonds is 5. The summed E-state index contributed by atoms with van der Waals surface area (Å²) in [6.45, 7) is 4.65. The van der Waals surface area contributed by atoms with E-state index in [0.717, 1.165) is 13.0 Å². The molecule has 0 bridgehead atoms. The number of unbranched alkanes of at least 4 members (excludes halogenated alkanes) is 3. The molecule has 0 spiro atoms. The van der Waals surface area contributed by atoms with Gasteiger partial charge in [-0.3, -0.25) is 0 Å². The number of ether oxygens (including phenoxy) is 1. The minimum Gasteiger partial charge on any atom is -0.385 e. The molecule has 0 heterocycles. The summed E-state index contributed by atoms with van der Waals surface area (Å²) in [7, 11) is 1.74. The van der Waals surface area contributed by atoms with Gasteiger partial charge in [0.25, 0.3) is 0 Å². The first kappa shape index (κ1) is 12.7. The summed E-state index contributed by atoms with van der Waals surface area (Å²) in [4.78, 5) is 0. The minimum atomic E-state index is 0. The van der Waals surface area contributed by atoms with Gasteiger partial charge in [0.15, 0.2) is 0 Å². The standard InChI is InChI=1S/C7H15O.Y/c1-3-4-5-6-7-8-2;/h1,3-7H2,2H3;/q-1;. The van der Waals surface area contributed by atoms with Crippen LogP contribution < -0.4 is 0 Å². The first-order valence-electron chi connectivity index (χ1n) is 3.20. The van der Waals surface area contributed by atoms with Crippen molar-refractivity contribution in [2.24, 2.45) is 0 Å². The summed E-state index contributed by atoms with van der Waals surface area (Å²) in [6.07, 6.45) is 4.75. The summed E-state index contributed by atoms with van der Waals surface area (Å²) >= 11 is 0. The smallest absolute Gasteiger partial charge is 0.0462 e. The Kier molecular flexibility index (Phi) is 16.7. The molecule has 0 fully saturated rings. The van der Waals surface area contributed by atoms with E-state index in [4.69, 9.17) is 4.74 Å². The van der Waals surface area contributed by atoms with Crippen LogP contribution in [-0.2, 0) is 37.4 Å². The Labute approximate surface area is 83.4 Å². The molecule has 0 saturated carbocycles. The van der Waals surface area contributed by atoms with Crippen LogP contribution in [0.3, 0.4) is 0 Å². The van der Waals surface area contributed by atoms with Gasteiger partial charge in [-0.25, -0.2) is 0 Å². The third kappa shape index (κ3) is 12.3. The number of hydrogen-bond acceptors (Lipinski definition) is 1. The van der Waals surface area contributed by atoms with E-state index < -0.39 is 0 Å². The fraction of sp³-hybridized carbons (Fsp3) is 0.857. The monoisotopic (exact) mass is 204 g/mol. The van der Waals surface area contributed by atoms with E-state index in [1.807, 2.05) is 0 Å². The predicted molar refractivity (Wildman–Crippen MR) is 35.7 cm³/mol. The van der Waals surface area contributed by atoms with Gasteiger partial charge < -0.3 is 11.7 Å². The second-order valence-corrected chi connectivity index (χ2v) is 1.91. The Morgan fingerprint density at radius 2 is 1.89 bits per heavy atom.